The van der Waals surface area contributed by atoms with E-state index in [9.17, 15) is 20.1 Å². The van der Waals surface area contributed by atoms with E-state index in [2.05, 4.69) is 0 Å². The number of ether oxygens (including phenoxy) is 1. The molecule has 98 valence electrons. The van der Waals surface area contributed by atoms with Gasteiger partial charge in [0.05, 0.1) is 6.20 Å². The van der Waals surface area contributed by atoms with E-state index in [1.54, 1.807) is 12.3 Å². The lowest BCUT2D eigenvalue weighted by atomic mass is 10.1. The zero-order chi connectivity index (χ0) is 13.3. The SMILES string of the molecule is CCCC(=O)OC1C=CN2C=C(O)C(O)=C(O)C12. The Bertz CT molecular complexity index is 451. The summed E-state index contributed by atoms with van der Waals surface area (Å²) >= 11 is 0. The van der Waals surface area contributed by atoms with E-state index < -0.39 is 29.4 Å². The Hall–Kier alpha value is -2.11. The Morgan fingerprint density at radius 3 is 2.83 bits per heavy atom. The average molecular weight is 253 g/mol. The minimum absolute atomic E-state index is 0.300. The largest absolute Gasteiger partial charge is 0.506 e. The fourth-order valence-electron chi connectivity index (χ4n) is 1.96. The quantitative estimate of drug-likeness (QED) is 0.662. The van der Waals surface area contributed by atoms with Crippen molar-refractivity contribution in [3.05, 3.63) is 35.8 Å². The summed E-state index contributed by atoms with van der Waals surface area (Å²) in [5, 5.41) is 28.6. The first-order chi connectivity index (χ1) is 8.54. The van der Waals surface area contributed by atoms with Crippen LogP contribution >= 0.6 is 0 Å². The van der Waals surface area contributed by atoms with Gasteiger partial charge in [-0.1, -0.05) is 6.92 Å². The van der Waals surface area contributed by atoms with Crippen LogP contribution in [0.5, 0.6) is 0 Å². The lowest BCUT2D eigenvalue weighted by Gasteiger charge is -2.29. The summed E-state index contributed by atoms with van der Waals surface area (Å²) in [6, 6.07) is -0.707. The van der Waals surface area contributed by atoms with Crippen LogP contribution in [0.25, 0.3) is 0 Å². The van der Waals surface area contributed by atoms with Crippen molar-refractivity contribution in [2.75, 3.05) is 0 Å². The molecular weight excluding hydrogens is 238 g/mol. The third-order valence-corrected chi connectivity index (χ3v) is 2.84. The van der Waals surface area contributed by atoms with Gasteiger partial charge < -0.3 is 25.0 Å². The minimum Gasteiger partial charge on any atom is -0.506 e. The summed E-state index contributed by atoms with van der Waals surface area (Å²) in [5.41, 5.74) is 0. The van der Waals surface area contributed by atoms with Crippen molar-refractivity contribution < 1.29 is 24.9 Å². The molecule has 18 heavy (non-hydrogen) atoms. The van der Waals surface area contributed by atoms with Crippen molar-refractivity contribution in [2.45, 2.75) is 31.9 Å². The molecule has 2 atom stereocenters. The molecule has 3 N–H and O–H groups in total. The van der Waals surface area contributed by atoms with Gasteiger partial charge in [-0.3, -0.25) is 4.79 Å². The summed E-state index contributed by atoms with van der Waals surface area (Å²) in [6.07, 6.45) is 4.75. The van der Waals surface area contributed by atoms with E-state index in [4.69, 9.17) is 4.74 Å². The van der Waals surface area contributed by atoms with Crippen molar-refractivity contribution >= 4 is 5.97 Å². The van der Waals surface area contributed by atoms with Crippen LogP contribution in [0.4, 0.5) is 0 Å². The van der Waals surface area contributed by atoms with Gasteiger partial charge in [0.2, 0.25) is 0 Å². The molecule has 2 rings (SSSR count). The van der Waals surface area contributed by atoms with E-state index in [0.717, 1.165) is 0 Å². The number of nitrogens with zero attached hydrogens (tertiary/aromatic N) is 1. The number of fused-ring (bicyclic) bond motifs is 1. The molecule has 0 aromatic heterocycles. The van der Waals surface area contributed by atoms with Gasteiger partial charge in [-0.05, 0) is 12.5 Å². The van der Waals surface area contributed by atoms with Gasteiger partial charge in [0.1, 0.15) is 12.1 Å². The molecule has 0 aromatic carbocycles. The maximum Gasteiger partial charge on any atom is 0.306 e. The molecule has 0 spiro atoms. The topological polar surface area (TPSA) is 90.2 Å². The molecule has 0 saturated heterocycles. The molecule has 6 nitrogen and oxygen atoms in total. The molecule has 2 aliphatic rings. The number of esters is 1. The van der Waals surface area contributed by atoms with Crippen molar-refractivity contribution in [1.29, 1.82) is 0 Å². The second-order valence-electron chi connectivity index (χ2n) is 4.19. The molecule has 0 aromatic rings. The van der Waals surface area contributed by atoms with Gasteiger partial charge in [0.15, 0.2) is 17.3 Å². The van der Waals surface area contributed by atoms with Gasteiger partial charge in [0, 0.05) is 12.6 Å². The normalized spacial score (nSPS) is 26.1. The molecule has 2 heterocycles. The summed E-state index contributed by atoms with van der Waals surface area (Å²) in [4.78, 5) is 12.9. The molecule has 2 unspecified atom stereocenters. The highest BCUT2D eigenvalue weighted by atomic mass is 16.5. The Balaban J connectivity index is 2.14. The van der Waals surface area contributed by atoms with E-state index in [1.165, 1.54) is 11.1 Å². The fourth-order valence-corrected chi connectivity index (χ4v) is 1.96. The van der Waals surface area contributed by atoms with Gasteiger partial charge >= 0.3 is 5.97 Å². The van der Waals surface area contributed by atoms with E-state index in [0.29, 0.717) is 12.8 Å². The number of aliphatic hydroxyl groups excluding tert-OH is 3. The molecule has 0 amide bonds. The number of hydrogen-bond donors (Lipinski definition) is 3. The van der Waals surface area contributed by atoms with Crippen molar-refractivity contribution in [2.24, 2.45) is 0 Å². The van der Waals surface area contributed by atoms with Crippen LogP contribution < -0.4 is 0 Å². The van der Waals surface area contributed by atoms with E-state index in [-0.39, 0.29) is 5.97 Å². The second-order valence-corrected chi connectivity index (χ2v) is 4.19. The van der Waals surface area contributed by atoms with Gasteiger partial charge in [-0.25, -0.2) is 0 Å². The minimum atomic E-state index is -0.707. The monoisotopic (exact) mass is 253 g/mol. The Morgan fingerprint density at radius 2 is 2.17 bits per heavy atom. The molecular formula is C12H15NO5. The lowest BCUT2D eigenvalue weighted by Crippen LogP contribution is -2.39. The number of hydrogen-bond acceptors (Lipinski definition) is 6. The van der Waals surface area contributed by atoms with Crippen LogP contribution in [-0.4, -0.2) is 38.3 Å². The van der Waals surface area contributed by atoms with Crippen LogP contribution in [0.3, 0.4) is 0 Å². The molecule has 0 saturated carbocycles. The zero-order valence-corrected chi connectivity index (χ0v) is 9.91. The van der Waals surface area contributed by atoms with Crippen molar-refractivity contribution in [1.82, 2.24) is 4.90 Å². The summed E-state index contributed by atoms with van der Waals surface area (Å²) < 4.78 is 5.19. The van der Waals surface area contributed by atoms with Gasteiger partial charge in [0.25, 0.3) is 0 Å². The predicted octanol–water partition coefficient (Wildman–Crippen LogP) is 1.64. The molecule has 0 radical (unpaired) electrons. The summed E-state index contributed by atoms with van der Waals surface area (Å²) in [5.74, 6) is -1.78. The summed E-state index contributed by atoms with van der Waals surface area (Å²) in [6.45, 7) is 1.86. The Labute approximate surface area is 104 Å². The first-order valence-corrected chi connectivity index (χ1v) is 5.73. The maximum atomic E-state index is 11.4. The van der Waals surface area contributed by atoms with Crippen LogP contribution in [0.15, 0.2) is 35.8 Å². The molecule has 6 heteroatoms. The van der Waals surface area contributed by atoms with Crippen molar-refractivity contribution in [3.8, 4) is 0 Å². The van der Waals surface area contributed by atoms with E-state index in [1.807, 2.05) is 6.92 Å². The zero-order valence-electron chi connectivity index (χ0n) is 9.91. The average Bonchev–Trinajstić information content (AvgIpc) is 2.69. The second kappa shape index (κ2) is 4.64. The highest BCUT2D eigenvalue weighted by Gasteiger charge is 2.39. The Kier molecular flexibility index (Phi) is 3.18. The highest BCUT2D eigenvalue weighted by molar-refractivity contribution is 5.69. The van der Waals surface area contributed by atoms with Crippen LogP contribution in [0.1, 0.15) is 19.8 Å². The number of aliphatic hydroxyl groups is 3. The lowest BCUT2D eigenvalue weighted by molar-refractivity contribution is -0.148. The molecule has 0 aliphatic carbocycles. The first-order valence-electron chi connectivity index (χ1n) is 5.73. The van der Waals surface area contributed by atoms with Gasteiger partial charge in [-0.2, -0.15) is 0 Å². The van der Waals surface area contributed by atoms with Crippen LogP contribution in [-0.2, 0) is 9.53 Å². The molecule has 2 aliphatic heterocycles. The number of rotatable bonds is 3. The van der Waals surface area contributed by atoms with Crippen molar-refractivity contribution in [3.63, 3.8) is 0 Å². The molecule has 0 bridgehead atoms. The Morgan fingerprint density at radius 1 is 1.44 bits per heavy atom. The first kappa shape index (κ1) is 12.3. The maximum absolute atomic E-state index is 11.4. The predicted molar refractivity (Wildman–Crippen MR) is 62.6 cm³/mol. The fraction of sp³-hybridized carbons (Fsp3) is 0.417. The third kappa shape index (κ3) is 2.01. The smallest absolute Gasteiger partial charge is 0.306 e. The van der Waals surface area contributed by atoms with Gasteiger partial charge in [-0.15, -0.1) is 0 Å². The third-order valence-electron chi connectivity index (χ3n) is 2.84. The standard InChI is InChI=1S/C12H15NO5/c1-2-3-9(15)18-8-4-5-13-6-7(14)11(16)12(17)10(8)13/h4-6,8,10,14,16-17H,2-3H2,1H3. The van der Waals surface area contributed by atoms with Crippen LogP contribution in [0.2, 0.25) is 0 Å². The number of carbonyl (C=O) groups excluding carboxylic acids is 1. The summed E-state index contributed by atoms with van der Waals surface area (Å²) in [7, 11) is 0. The highest BCUT2D eigenvalue weighted by Crippen LogP contribution is 2.31. The van der Waals surface area contributed by atoms with E-state index >= 15 is 0 Å². The molecule has 0 fully saturated rings. The van der Waals surface area contributed by atoms with Crippen LogP contribution in [0, 0.1) is 0 Å². The number of carbonyl (C=O) groups is 1.